The van der Waals surface area contributed by atoms with Crippen molar-refractivity contribution in [2.45, 2.75) is 25.2 Å². The van der Waals surface area contributed by atoms with Crippen LogP contribution in [0.5, 0.6) is 0 Å². The van der Waals surface area contributed by atoms with E-state index in [2.05, 4.69) is 15.7 Å². The van der Waals surface area contributed by atoms with E-state index < -0.39 is 30.3 Å². The lowest BCUT2D eigenvalue weighted by Gasteiger charge is -2.37. The van der Waals surface area contributed by atoms with E-state index in [0.29, 0.717) is 29.0 Å². The minimum atomic E-state index is -2.96. The third kappa shape index (κ3) is 4.67. The Bertz CT molecular complexity index is 1090. The van der Waals surface area contributed by atoms with Crippen molar-refractivity contribution in [3.05, 3.63) is 18.2 Å². The van der Waals surface area contributed by atoms with Crippen molar-refractivity contribution in [1.29, 1.82) is 0 Å². The molecule has 1 aromatic carbocycles. The summed E-state index contributed by atoms with van der Waals surface area (Å²) >= 11 is 0. The number of imide groups is 1. The molecule has 0 saturated carbocycles. The van der Waals surface area contributed by atoms with Crippen LogP contribution in [0.15, 0.2) is 18.2 Å². The summed E-state index contributed by atoms with van der Waals surface area (Å²) in [5, 5.41) is 19.0. The SMILES string of the molecule is Cn1nc(N2CCC(=O)NC2=O)c2cccc(NC(=O)CN3CCC(CCO)C(F)(F)C3)c21. The highest BCUT2D eigenvalue weighted by atomic mass is 19.3. The van der Waals surface area contributed by atoms with Gasteiger partial charge in [0.2, 0.25) is 11.8 Å². The number of carbonyl (C=O) groups excluding carboxylic acids is 3. The molecule has 33 heavy (non-hydrogen) atoms. The van der Waals surface area contributed by atoms with Gasteiger partial charge >= 0.3 is 6.03 Å². The maximum Gasteiger partial charge on any atom is 0.329 e. The van der Waals surface area contributed by atoms with Crippen LogP contribution >= 0.6 is 0 Å². The van der Waals surface area contributed by atoms with E-state index >= 15 is 0 Å². The first-order chi connectivity index (χ1) is 15.7. The van der Waals surface area contributed by atoms with Gasteiger partial charge in [0.25, 0.3) is 5.92 Å². The molecule has 0 aliphatic carbocycles. The molecule has 0 spiro atoms. The molecule has 1 atom stereocenters. The number of para-hydroxylation sites is 1. The number of likely N-dealkylation sites (tertiary alicyclic amines) is 1. The van der Waals surface area contributed by atoms with Crippen LogP contribution in [0.3, 0.4) is 0 Å². The Morgan fingerprint density at radius 2 is 2.12 bits per heavy atom. The number of benzene rings is 1. The minimum absolute atomic E-state index is 0.0427. The predicted octanol–water partition coefficient (Wildman–Crippen LogP) is 1.30. The van der Waals surface area contributed by atoms with Gasteiger partial charge in [0.1, 0.15) is 0 Å². The fraction of sp³-hybridized carbons (Fsp3) is 0.524. The maximum atomic E-state index is 14.3. The lowest BCUT2D eigenvalue weighted by molar-refractivity contribution is -0.129. The number of fused-ring (bicyclic) bond motifs is 1. The van der Waals surface area contributed by atoms with Crippen molar-refractivity contribution in [3.8, 4) is 0 Å². The van der Waals surface area contributed by atoms with Gasteiger partial charge in [-0.15, -0.1) is 0 Å². The molecule has 4 rings (SSSR count). The first-order valence-corrected chi connectivity index (χ1v) is 10.8. The highest BCUT2D eigenvalue weighted by Crippen LogP contribution is 2.35. The van der Waals surface area contributed by atoms with Crippen LogP contribution in [0.4, 0.5) is 25.1 Å². The van der Waals surface area contributed by atoms with E-state index in [1.54, 1.807) is 25.2 Å². The third-order valence-corrected chi connectivity index (χ3v) is 6.10. The smallest absolute Gasteiger partial charge is 0.329 e. The van der Waals surface area contributed by atoms with Crippen molar-refractivity contribution >= 4 is 40.3 Å². The molecule has 4 amide bonds. The normalized spacial score (nSPS) is 21.3. The van der Waals surface area contributed by atoms with Gasteiger partial charge in [0.15, 0.2) is 5.82 Å². The van der Waals surface area contributed by atoms with Crippen LogP contribution in [0.2, 0.25) is 0 Å². The molecule has 2 aliphatic heterocycles. The van der Waals surface area contributed by atoms with Gasteiger partial charge in [-0.1, -0.05) is 6.07 Å². The predicted molar refractivity (Wildman–Crippen MR) is 116 cm³/mol. The average molecular weight is 464 g/mol. The number of aromatic nitrogens is 2. The van der Waals surface area contributed by atoms with Gasteiger partial charge in [-0.2, -0.15) is 5.10 Å². The number of nitrogens with one attached hydrogen (secondary N) is 2. The molecule has 3 N–H and O–H groups in total. The molecule has 0 bridgehead atoms. The molecule has 178 valence electrons. The molecule has 2 saturated heterocycles. The number of aliphatic hydroxyl groups excluding tert-OH is 1. The van der Waals surface area contributed by atoms with Gasteiger partial charge in [-0.25, -0.2) is 13.6 Å². The summed E-state index contributed by atoms with van der Waals surface area (Å²) in [5.74, 6) is -4.28. The first kappa shape index (κ1) is 23.1. The number of carbonyl (C=O) groups is 3. The molecule has 3 heterocycles. The van der Waals surface area contributed by atoms with Crippen molar-refractivity contribution < 1.29 is 28.3 Å². The third-order valence-electron chi connectivity index (χ3n) is 6.10. The van der Waals surface area contributed by atoms with Gasteiger partial charge in [0.05, 0.1) is 24.3 Å². The molecular formula is C21H26F2N6O4. The molecule has 1 unspecified atom stereocenters. The number of amides is 4. The number of nitrogens with zero attached hydrogens (tertiary/aromatic N) is 4. The molecular weight excluding hydrogens is 438 g/mol. The highest BCUT2D eigenvalue weighted by molar-refractivity contribution is 6.11. The fourth-order valence-electron chi connectivity index (χ4n) is 4.48. The van der Waals surface area contributed by atoms with E-state index in [1.165, 1.54) is 14.5 Å². The van der Waals surface area contributed by atoms with Crippen LogP contribution in [-0.4, -0.2) is 76.3 Å². The molecule has 12 heteroatoms. The number of alkyl halides is 2. The maximum absolute atomic E-state index is 14.3. The Labute approximate surface area is 188 Å². The lowest BCUT2D eigenvalue weighted by Crippen LogP contribution is -2.50. The Morgan fingerprint density at radius 1 is 1.33 bits per heavy atom. The second-order valence-corrected chi connectivity index (χ2v) is 8.42. The van der Waals surface area contributed by atoms with Gasteiger partial charge in [0, 0.05) is 37.9 Å². The summed E-state index contributed by atoms with van der Waals surface area (Å²) in [7, 11) is 1.67. The molecule has 2 fully saturated rings. The summed E-state index contributed by atoms with van der Waals surface area (Å²) in [4.78, 5) is 39.2. The summed E-state index contributed by atoms with van der Waals surface area (Å²) in [5.41, 5.74) is 1.01. The second-order valence-electron chi connectivity index (χ2n) is 8.42. The van der Waals surface area contributed by atoms with Crippen LogP contribution in [0, 0.1) is 5.92 Å². The highest BCUT2D eigenvalue weighted by Gasteiger charge is 2.44. The molecule has 2 aliphatic rings. The largest absolute Gasteiger partial charge is 0.396 e. The Kier molecular flexibility index (Phi) is 6.30. The number of urea groups is 1. The number of aryl methyl sites for hydroxylation is 1. The standard InChI is InChI=1S/C21H26F2N6O4/c1-27-18-14(19(26-27)29-9-6-16(31)25-20(29)33)3-2-4-15(18)24-17(32)11-28-8-5-13(7-10-30)21(22,23)12-28/h2-4,13,30H,5-12H2,1H3,(H,24,32)(H,25,31,33). The summed E-state index contributed by atoms with van der Waals surface area (Å²) in [6.07, 6.45) is 0.406. The fourth-order valence-corrected chi connectivity index (χ4v) is 4.48. The summed E-state index contributed by atoms with van der Waals surface area (Å²) in [6, 6.07) is 4.56. The number of halogens is 2. The van der Waals surface area contributed by atoms with Gasteiger partial charge < -0.3 is 10.4 Å². The van der Waals surface area contributed by atoms with Crippen LogP contribution < -0.4 is 15.5 Å². The summed E-state index contributed by atoms with van der Waals surface area (Å²) < 4.78 is 30.2. The molecule has 10 nitrogen and oxygen atoms in total. The number of aliphatic hydroxyl groups is 1. The van der Waals surface area contributed by atoms with E-state index in [0.717, 1.165) is 0 Å². The number of rotatable bonds is 6. The van der Waals surface area contributed by atoms with Crippen molar-refractivity contribution in [1.82, 2.24) is 20.0 Å². The van der Waals surface area contributed by atoms with Crippen LogP contribution in [0.1, 0.15) is 19.3 Å². The Balaban J connectivity index is 1.49. The quantitative estimate of drug-likeness (QED) is 0.593. The van der Waals surface area contributed by atoms with Crippen LogP contribution in [0.25, 0.3) is 10.9 Å². The van der Waals surface area contributed by atoms with Gasteiger partial charge in [-0.3, -0.25) is 29.4 Å². The zero-order valence-corrected chi connectivity index (χ0v) is 18.2. The zero-order chi connectivity index (χ0) is 23.8. The Morgan fingerprint density at radius 3 is 2.82 bits per heavy atom. The molecule has 0 radical (unpaired) electrons. The van der Waals surface area contributed by atoms with E-state index in [1.807, 2.05) is 0 Å². The minimum Gasteiger partial charge on any atom is -0.396 e. The number of piperidine rings is 1. The average Bonchev–Trinajstić information content (AvgIpc) is 3.07. The van der Waals surface area contributed by atoms with Crippen LogP contribution in [-0.2, 0) is 16.6 Å². The number of anilines is 2. The van der Waals surface area contributed by atoms with E-state index in [9.17, 15) is 23.2 Å². The van der Waals surface area contributed by atoms with E-state index in [4.69, 9.17) is 5.11 Å². The zero-order valence-electron chi connectivity index (χ0n) is 18.2. The van der Waals surface area contributed by atoms with E-state index in [-0.39, 0.29) is 44.9 Å². The molecule has 1 aromatic heterocycles. The van der Waals surface area contributed by atoms with Crippen molar-refractivity contribution in [2.24, 2.45) is 13.0 Å². The number of hydrogen-bond acceptors (Lipinski definition) is 6. The topological polar surface area (TPSA) is 120 Å². The Hall–Kier alpha value is -3.12. The van der Waals surface area contributed by atoms with Gasteiger partial charge in [-0.05, 0) is 31.5 Å². The lowest BCUT2D eigenvalue weighted by atomic mass is 9.90. The second kappa shape index (κ2) is 9.02. The van der Waals surface area contributed by atoms with Crippen molar-refractivity contribution in [2.75, 3.05) is 43.0 Å². The first-order valence-electron chi connectivity index (χ1n) is 10.8. The molecule has 2 aromatic rings. The summed E-state index contributed by atoms with van der Waals surface area (Å²) in [6.45, 7) is -0.482. The van der Waals surface area contributed by atoms with Crippen molar-refractivity contribution in [3.63, 3.8) is 0 Å². The monoisotopic (exact) mass is 464 g/mol. The number of hydrogen-bond donors (Lipinski definition) is 3.